The lowest BCUT2D eigenvalue weighted by Crippen LogP contribution is -2.36. The fourth-order valence-corrected chi connectivity index (χ4v) is 2.45. The van der Waals surface area contributed by atoms with Crippen molar-refractivity contribution in [3.05, 3.63) is 34.4 Å². The van der Waals surface area contributed by atoms with Crippen LogP contribution < -0.4 is 16.4 Å². The Bertz CT molecular complexity index is 406. The molecule has 1 unspecified atom stereocenters. The second-order valence-corrected chi connectivity index (χ2v) is 4.78. The van der Waals surface area contributed by atoms with Gasteiger partial charge in [-0.3, -0.25) is 0 Å². The number of nitrogens with two attached hydrogens (primary N) is 1. The van der Waals surface area contributed by atoms with Crippen LogP contribution in [0.25, 0.3) is 0 Å². The van der Waals surface area contributed by atoms with Gasteiger partial charge >= 0.3 is 6.03 Å². The minimum absolute atomic E-state index is 0.264. The third-order valence-electron chi connectivity index (χ3n) is 3.05. The second-order valence-electron chi connectivity index (χ2n) is 4.78. The van der Waals surface area contributed by atoms with Gasteiger partial charge in [-0.25, -0.2) is 4.79 Å². The van der Waals surface area contributed by atoms with Gasteiger partial charge in [0.2, 0.25) is 0 Å². The van der Waals surface area contributed by atoms with Crippen molar-refractivity contribution in [3.8, 4) is 0 Å². The normalized spacial score (nSPS) is 12.2. The highest BCUT2D eigenvalue weighted by Gasteiger charge is 2.11. The van der Waals surface area contributed by atoms with Gasteiger partial charge in [0.25, 0.3) is 0 Å². The Morgan fingerprint density at radius 2 is 1.78 bits per heavy atom. The molecule has 1 aromatic rings. The zero-order chi connectivity index (χ0) is 13.7. The number of nitrogens with one attached hydrogen (secondary N) is 2. The van der Waals surface area contributed by atoms with E-state index in [-0.39, 0.29) is 6.04 Å². The Balaban J connectivity index is 2.61. The van der Waals surface area contributed by atoms with E-state index in [1.54, 1.807) is 0 Å². The summed E-state index contributed by atoms with van der Waals surface area (Å²) in [7, 11) is 0. The molecule has 4 heteroatoms. The van der Waals surface area contributed by atoms with Crippen molar-refractivity contribution < 1.29 is 4.79 Å². The Labute approximate surface area is 109 Å². The Morgan fingerprint density at radius 3 is 2.28 bits per heavy atom. The van der Waals surface area contributed by atoms with Crippen molar-refractivity contribution in [2.75, 3.05) is 13.1 Å². The van der Waals surface area contributed by atoms with Crippen LogP contribution in [0.3, 0.4) is 0 Å². The van der Waals surface area contributed by atoms with Crippen LogP contribution in [0.15, 0.2) is 12.1 Å². The van der Waals surface area contributed by atoms with Crippen molar-refractivity contribution in [1.82, 2.24) is 10.6 Å². The number of rotatable bonds is 5. The molecular weight excluding hydrogens is 226 g/mol. The number of carbonyl (C=O) groups excluding carboxylic acids is 1. The molecule has 0 aromatic heterocycles. The molecule has 1 aromatic carbocycles. The van der Waals surface area contributed by atoms with Crippen molar-refractivity contribution in [2.24, 2.45) is 5.73 Å². The highest BCUT2D eigenvalue weighted by atomic mass is 16.2. The standard InChI is InChI=1S/C14H23N3O/c1-9-7-10(2)13(11(3)8-9)12(4)16-5-6-17-14(15)18/h7-8,12,16H,5-6H2,1-4H3,(H3,15,17,18). The molecule has 0 saturated heterocycles. The molecule has 0 bridgehead atoms. The quantitative estimate of drug-likeness (QED) is 0.698. The zero-order valence-corrected chi connectivity index (χ0v) is 11.6. The van der Waals surface area contributed by atoms with E-state index in [1.807, 2.05) is 0 Å². The first-order valence-corrected chi connectivity index (χ1v) is 6.26. The Hall–Kier alpha value is -1.55. The van der Waals surface area contributed by atoms with Gasteiger partial charge < -0.3 is 16.4 Å². The van der Waals surface area contributed by atoms with E-state index in [4.69, 9.17) is 5.73 Å². The van der Waals surface area contributed by atoms with Crippen LogP contribution in [-0.4, -0.2) is 19.1 Å². The summed E-state index contributed by atoms with van der Waals surface area (Å²) in [5.74, 6) is 0. The molecule has 4 nitrogen and oxygen atoms in total. The van der Waals surface area contributed by atoms with E-state index in [2.05, 4.69) is 50.5 Å². The molecule has 0 saturated carbocycles. The topological polar surface area (TPSA) is 67.2 Å². The molecule has 0 aliphatic rings. The summed E-state index contributed by atoms with van der Waals surface area (Å²) in [4.78, 5) is 10.5. The maximum Gasteiger partial charge on any atom is 0.312 e. The fourth-order valence-electron chi connectivity index (χ4n) is 2.45. The maximum absolute atomic E-state index is 10.5. The number of primary amides is 1. The van der Waals surface area contributed by atoms with Crippen LogP contribution in [-0.2, 0) is 0 Å². The molecule has 0 radical (unpaired) electrons. The van der Waals surface area contributed by atoms with Crippen LogP contribution >= 0.6 is 0 Å². The lowest BCUT2D eigenvalue weighted by atomic mass is 9.95. The number of aryl methyl sites for hydroxylation is 3. The average molecular weight is 249 g/mol. The lowest BCUT2D eigenvalue weighted by molar-refractivity contribution is 0.249. The third-order valence-corrected chi connectivity index (χ3v) is 3.05. The van der Waals surface area contributed by atoms with Crippen LogP contribution in [0.2, 0.25) is 0 Å². The van der Waals surface area contributed by atoms with Crippen molar-refractivity contribution in [1.29, 1.82) is 0 Å². The van der Waals surface area contributed by atoms with Gasteiger partial charge in [-0.05, 0) is 44.4 Å². The molecule has 0 heterocycles. The van der Waals surface area contributed by atoms with Crippen molar-refractivity contribution >= 4 is 6.03 Å². The first-order valence-electron chi connectivity index (χ1n) is 6.26. The number of amides is 2. The highest BCUT2D eigenvalue weighted by molar-refractivity contribution is 5.71. The predicted octanol–water partition coefficient (Wildman–Crippen LogP) is 1.93. The molecule has 4 N–H and O–H groups in total. The Kier molecular flexibility index (Phi) is 5.16. The third kappa shape index (κ3) is 4.04. The summed E-state index contributed by atoms with van der Waals surface area (Å²) in [6.07, 6.45) is 0. The van der Waals surface area contributed by atoms with E-state index >= 15 is 0 Å². The minimum Gasteiger partial charge on any atom is -0.352 e. The molecule has 0 aliphatic carbocycles. The summed E-state index contributed by atoms with van der Waals surface area (Å²) >= 11 is 0. The Morgan fingerprint density at radius 1 is 1.22 bits per heavy atom. The molecule has 100 valence electrons. The number of benzene rings is 1. The van der Waals surface area contributed by atoms with E-state index in [1.165, 1.54) is 22.3 Å². The van der Waals surface area contributed by atoms with Crippen LogP contribution in [0.5, 0.6) is 0 Å². The molecular formula is C14H23N3O. The molecule has 2 amide bonds. The monoisotopic (exact) mass is 249 g/mol. The predicted molar refractivity (Wildman–Crippen MR) is 74.7 cm³/mol. The van der Waals surface area contributed by atoms with Crippen LogP contribution in [0.1, 0.15) is 35.2 Å². The van der Waals surface area contributed by atoms with Crippen LogP contribution in [0.4, 0.5) is 4.79 Å². The number of urea groups is 1. The zero-order valence-electron chi connectivity index (χ0n) is 11.6. The molecule has 18 heavy (non-hydrogen) atoms. The summed E-state index contributed by atoms with van der Waals surface area (Å²) in [5.41, 5.74) is 10.2. The summed E-state index contributed by atoms with van der Waals surface area (Å²) in [6, 6.07) is 4.18. The van der Waals surface area contributed by atoms with Gasteiger partial charge in [0.1, 0.15) is 0 Å². The number of carbonyl (C=O) groups is 1. The average Bonchev–Trinajstić information content (AvgIpc) is 2.22. The highest BCUT2D eigenvalue weighted by Crippen LogP contribution is 2.22. The molecule has 0 aliphatic heterocycles. The largest absolute Gasteiger partial charge is 0.352 e. The summed E-state index contributed by atoms with van der Waals surface area (Å²) in [5, 5.41) is 5.95. The lowest BCUT2D eigenvalue weighted by Gasteiger charge is -2.20. The first kappa shape index (κ1) is 14.5. The van der Waals surface area contributed by atoms with Gasteiger partial charge in [0.15, 0.2) is 0 Å². The van der Waals surface area contributed by atoms with Gasteiger partial charge in [0, 0.05) is 19.1 Å². The van der Waals surface area contributed by atoms with E-state index < -0.39 is 6.03 Å². The second kappa shape index (κ2) is 6.40. The van der Waals surface area contributed by atoms with Gasteiger partial charge in [-0.2, -0.15) is 0 Å². The maximum atomic E-state index is 10.5. The fraction of sp³-hybridized carbons (Fsp3) is 0.500. The van der Waals surface area contributed by atoms with Crippen molar-refractivity contribution in [2.45, 2.75) is 33.7 Å². The van der Waals surface area contributed by atoms with Crippen molar-refractivity contribution in [3.63, 3.8) is 0 Å². The summed E-state index contributed by atoms with van der Waals surface area (Å²) in [6.45, 7) is 9.76. The molecule has 1 atom stereocenters. The molecule has 1 rings (SSSR count). The SMILES string of the molecule is Cc1cc(C)c(C(C)NCCNC(N)=O)c(C)c1. The number of hydrogen-bond acceptors (Lipinski definition) is 2. The van der Waals surface area contributed by atoms with E-state index in [9.17, 15) is 4.79 Å². The minimum atomic E-state index is -0.479. The number of hydrogen-bond donors (Lipinski definition) is 3. The van der Waals surface area contributed by atoms with E-state index in [0.717, 1.165) is 0 Å². The smallest absolute Gasteiger partial charge is 0.312 e. The summed E-state index contributed by atoms with van der Waals surface area (Å²) < 4.78 is 0. The first-order chi connectivity index (χ1) is 8.41. The van der Waals surface area contributed by atoms with Gasteiger partial charge in [-0.1, -0.05) is 17.7 Å². The molecule has 0 fully saturated rings. The van der Waals surface area contributed by atoms with Crippen LogP contribution in [0, 0.1) is 20.8 Å². The van der Waals surface area contributed by atoms with Gasteiger partial charge in [-0.15, -0.1) is 0 Å². The van der Waals surface area contributed by atoms with E-state index in [0.29, 0.717) is 13.1 Å². The van der Waals surface area contributed by atoms with Gasteiger partial charge in [0.05, 0.1) is 0 Å². The molecule has 0 spiro atoms.